The number of hydrogen-bond donors (Lipinski definition) is 1. The zero-order chi connectivity index (χ0) is 14.1. The van der Waals surface area contributed by atoms with E-state index in [9.17, 15) is 13.5 Å². The van der Waals surface area contributed by atoms with Crippen molar-refractivity contribution in [2.75, 3.05) is 26.0 Å². The second-order valence-electron chi connectivity index (χ2n) is 5.96. The number of hydrogen-bond acceptors (Lipinski definition) is 6. The molecule has 0 amide bonds. The molecule has 3 rings (SSSR count). The standard InChI is InChI=1S/C11H19NO6S/c1-10(2)17-8-7(4-13)16-11(9(8)18-10)5-12(6-11)19(3,14)15/h7-9,13H,4-6H2,1-3H3/t7-,8?,9?/m1/s1. The van der Waals surface area contributed by atoms with Crippen molar-refractivity contribution >= 4 is 10.0 Å². The quantitative estimate of drug-likeness (QED) is 0.696. The first-order chi connectivity index (χ1) is 8.67. The summed E-state index contributed by atoms with van der Waals surface area (Å²) in [6.45, 7) is 3.95. The van der Waals surface area contributed by atoms with Gasteiger partial charge >= 0.3 is 0 Å². The Morgan fingerprint density at radius 2 is 1.89 bits per heavy atom. The predicted octanol–water partition coefficient (Wildman–Crippen LogP) is -1.09. The fourth-order valence-corrected chi connectivity index (χ4v) is 3.99. The highest BCUT2D eigenvalue weighted by molar-refractivity contribution is 7.88. The average molecular weight is 293 g/mol. The summed E-state index contributed by atoms with van der Waals surface area (Å²) in [5.41, 5.74) is -0.686. The molecule has 0 bridgehead atoms. The van der Waals surface area contributed by atoms with Crippen LogP contribution in [0.15, 0.2) is 0 Å². The molecule has 3 heterocycles. The minimum atomic E-state index is -3.22. The molecule has 110 valence electrons. The maximum Gasteiger partial charge on any atom is 0.211 e. The topological polar surface area (TPSA) is 85.3 Å². The van der Waals surface area contributed by atoms with Crippen LogP contribution in [0, 0.1) is 0 Å². The Bertz CT molecular complexity index is 483. The molecule has 1 N–H and O–H groups in total. The van der Waals surface area contributed by atoms with Crippen LogP contribution >= 0.6 is 0 Å². The van der Waals surface area contributed by atoms with E-state index in [0.29, 0.717) is 0 Å². The van der Waals surface area contributed by atoms with E-state index in [0.717, 1.165) is 0 Å². The van der Waals surface area contributed by atoms with Crippen LogP contribution in [0.3, 0.4) is 0 Å². The molecule has 0 aliphatic carbocycles. The van der Waals surface area contributed by atoms with Crippen LogP contribution in [0.25, 0.3) is 0 Å². The first-order valence-electron chi connectivity index (χ1n) is 6.26. The van der Waals surface area contributed by atoms with Crippen molar-refractivity contribution in [1.82, 2.24) is 4.31 Å². The predicted molar refractivity (Wildman–Crippen MR) is 64.9 cm³/mol. The Labute approximate surface area is 112 Å². The van der Waals surface area contributed by atoms with E-state index in [1.54, 1.807) is 13.8 Å². The van der Waals surface area contributed by atoms with Gasteiger partial charge in [0.2, 0.25) is 10.0 Å². The lowest BCUT2D eigenvalue weighted by Gasteiger charge is -2.48. The van der Waals surface area contributed by atoms with Gasteiger partial charge in [-0.1, -0.05) is 0 Å². The lowest BCUT2D eigenvalue weighted by Crippen LogP contribution is -2.68. The van der Waals surface area contributed by atoms with E-state index in [1.165, 1.54) is 10.6 Å². The van der Waals surface area contributed by atoms with Gasteiger partial charge in [-0.05, 0) is 13.8 Å². The van der Waals surface area contributed by atoms with Gasteiger partial charge in [-0.2, -0.15) is 4.31 Å². The van der Waals surface area contributed by atoms with Crippen LogP contribution in [-0.2, 0) is 24.2 Å². The largest absolute Gasteiger partial charge is 0.394 e. The molecule has 1 spiro atoms. The van der Waals surface area contributed by atoms with Crippen LogP contribution in [0.4, 0.5) is 0 Å². The number of rotatable bonds is 2. The summed E-state index contributed by atoms with van der Waals surface area (Å²) in [7, 11) is -3.22. The summed E-state index contributed by atoms with van der Waals surface area (Å²) in [4.78, 5) is 0. The number of sulfonamides is 1. The molecular weight excluding hydrogens is 274 g/mol. The molecule has 19 heavy (non-hydrogen) atoms. The Balaban J connectivity index is 1.82. The maximum absolute atomic E-state index is 11.5. The van der Waals surface area contributed by atoms with Crippen molar-refractivity contribution in [3.8, 4) is 0 Å². The molecular formula is C11H19NO6S. The van der Waals surface area contributed by atoms with Gasteiger partial charge in [-0.25, -0.2) is 8.42 Å². The molecule has 3 aliphatic rings. The zero-order valence-electron chi connectivity index (χ0n) is 11.2. The minimum absolute atomic E-state index is 0.165. The second-order valence-corrected chi connectivity index (χ2v) is 7.94. The molecule has 2 unspecified atom stereocenters. The number of fused-ring (bicyclic) bond motifs is 2. The van der Waals surface area contributed by atoms with Gasteiger partial charge in [0.1, 0.15) is 23.9 Å². The molecule has 0 aromatic carbocycles. The monoisotopic (exact) mass is 293 g/mol. The van der Waals surface area contributed by atoms with Crippen molar-refractivity contribution in [2.45, 2.75) is 43.5 Å². The zero-order valence-corrected chi connectivity index (χ0v) is 12.0. The Hall–Kier alpha value is -0.250. The maximum atomic E-state index is 11.5. The van der Waals surface area contributed by atoms with Crippen LogP contribution in [0.2, 0.25) is 0 Å². The lowest BCUT2D eigenvalue weighted by atomic mass is 9.89. The third-order valence-electron chi connectivity index (χ3n) is 3.94. The van der Waals surface area contributed by atoms with Gasteiger partial charge in [-0.3, -0.25) is 0 Å². The first kappa shape index (κ1) is 13.7. The average Bonchev–Trinajstić information content (AvgIpc) is 2.64. The molecule has 0 aromatic rings. The fraction of sp³-hybridized carbons (Fsp3) is 1.00. The molecule has 0 saturated carbocycles. The number of nitrogens with zero attached hydrogens (tertiary/aromatic N) is 1. The number of aliphatic hydroxyl groups excluding tert-OH is 1. The summed E-state index contributed by atoms with van der Waals surface area (Å²) in [5.74, 6) is -0.731. The van der Waals surface area contributed by atoms with Crippen LogP contribution in [0.5, 0.6) is 0 Å². The van der Waals surface area contributed by atoms with E-state index >= 15 is 0 Å². The van der Waals surface area contributed by atoms with Crippen LogP contribution in [-0.4, -0.2) is 73.5 Å². The lowest BCUT2D eigenvalue weighted by molar-refractivity contribution is -0.231. The highest BCUT2D eigenvalue weighted by atomic mass is 32.2. The Morgan fingerprint density at radius 3 is 2.42 bits per heavy atom. The van der Waals surface area contributed by atoms with Gasteiger partial charge in [0, 0.05) is 13.1 Å². The van der Waals surface area contributed by atoms with E-state index < -0.39 is 27.5 Å². The molecule has 3 saturated heterocycles. The Kier molecular flexibility index (Phi) is 2.81. The Morgan fingerprint density at radius 1 is 1.26 bits per heavy atom. The molecule has 3 atom stereocenters. The molecule has 3 aliphatic heterocycles. The summed E-state index contributed by atoms with van der Waals surface area (Å²) in [5, 5.41) is 9.37. The molecule has 3 fully saturated rings. The van der Waals surface area contributed by atoms with Crippen molar-refractivity contribution in [3.63, 3.8) is 0 Å². The van der Waals surface area contributed by atoms with Crippen LogP contribution < -0.4 is 0 Å². The summed E-state index contributed by atoms with van der Waals surface area (Å²) in [6.07, 6.45) is 0.0269. The highest BCUT2D eigenvalue weighted by Gasteiger charge is 2.67. The van der Waals surface area contributed by atoms with Crippen molar-refractivity contribution in [3.05, 3.63) is 0 Å². The summed E-state index contributed by atoms with van der Waals surface area (Å²) >= 11 is 0. The second kappa shape index (κ2) is 3.90. The van der Waals surface area contributed by atoms with Gasteiger partial charge in [0.25, 0.3) is 0 Å². The number of ether oxygens (including phenoxy) is 3. The van der Waals surface area contributed by atoms with E-state index in [-0.39, 0.29) is 31.9 Å². The van der Waals surface area contributed by atoms with E-state index in [4.69, 9.17) is 14.2 Å². The highest BCUT2D eigenvalue weighted by Crippen LogP contribution is 2.48. The van der Waals surface area contributed by atoms with Crippen molar-refractivity contribution in [1.29, 1.82) is 0 Å². The van der Waals surface area contributed by atoms with E-state index in [2.05, 4.69) is 0 Å². The third-order valence-corrected chi connectivity index (χ3v) is 5.13. The van der Waals surface area contributed by atoms with Gasteiger partial charge in [-0.15, -0.1) is 0 Å². The minimum Gasteiger partial charge on any atom is -0.394 e. The fourth-order valence-electron chi connectivity index (χ4n) is 3.08. The normalized spacial score (nSPS) is 40.3. The van der Waals surface area contributed by atoms with E-state index in [1.807, 2.05) is 0 Å². The third kappa shape index (κ3) is 2.01. The van der Waals surface area contributed by atoms with Crippen molar-refractivity contribution in [2.24, 2.45) is 0 Å². The van der Waals surface area contributed by atoms with Gasteiger partial charge < -0.3 is 19.3 Å². The summed E-state index contributed by atoms with van der Waals surface area (Å²) in [6, 6.07) is 0. The van der Waals surface area contributed by atoms with Gasteiger partial charge in [0.15, 0.2) is 5.79 Å². The molecule has 7 nitrogen and oxygen atoms in total. The molecule has 8 heteroatoms. The van der Waals surface area contributed by atoms with Crippen LogP contribution in [0.1, 0.15) is 13.8 Å². The molecule has 0 radical (unpaired) electrons. The van der Waals surface area contributed by atoms with Gasteiger partial charge in [0.05, 0.1) is 12.9 Å². The first-order valence-corrected chi connectivity index (χ1v) is 8.11. The summed E-state index contributed by atoms with van der Waals surface area (Å²) < 4.78 is 41.7. The van der Waals surface area contributed by atoms with Crippen molar-refractivity contribution < 1.29 is 27.7 Å². The number of aliphatic hydroxyl groups is 1. The SMILES string of the molecule is CC1(C)OC2C(O1)C1(CN(S(C)(=O)=O)C1)O[C@@H]2CO. The molecule has 0 aromatic heterocycles. The smallest absolute Gasteiger partial charge is 0.211 e.